The number of rotatable bonds is 5. The molecule has 2 aromatic carbocycles. The van der Waals surface area contributed by atoms with E-state index in [9.17, 15) is 17.6 Å². The van der Waals surface area contributed by atoms with E-state index in [-0.39, 0.29) is 36.5 Å². The molecule has 5 rings (SSSR count). The Morgan fingerprint density at radius 3 is 2.47 bits per heavy atom. The lowest BCUT2D eigenvalue weighted by molar-refractivity contribution is -0.133. The van der Waals surface area contributed by atoms with Crippen molar-refractivity contribution in [2.45, 2.75) is 23.8 Å². The van der Waals surface area contributed by atoms with Gasteiger partial charge in [-0.25, -0.2) is 12.8 Å². The topological polar surface area (TPSA) is 79.4 Å². The Labute approximate surface area is 198 Å². The van der Waals surface area contributed by atoms with Gasteiger partial charge in [-0.2, -0.15) is 4.31 Å². The molecule has 2 aromatic rings. The van der Waals surface area contributed by atoms with Crippen molar-refractivity contribution >= 4 is 15.9 Å². The van der Waals surface area contributed by atoms with Crippen LogP contribution in [-0.4, -0.2) is 80.9 Å². The summed E-state index contributed by atoms with van der Waals surface area (Å²) in [6.07, 6.45) is 1.82. The Hall–Kier alpha value is -2.69. The zero-order valence-electron chi connectivity index (χ0n) is 18.9. The van der Waals surface area contributed by atoms with E-state index >= 15 is 0 Å². The molecular formula is C24H28FN3O5S. The lowest BCUT2D eigenvalue weighted by Gasteiger charge is -2.35. The SMILES string of the molecule is O=C(CN1CCN(S(=O)(=O)c2ccccc2F)CC1)N1CCCC1c1ccc2c(c1)OCCO2. The number of likely N-dealkylation sites (tertiary alicyclic amines) is 1. The first kappa shape index (κ1) is 23.1. The summed E-state index contributed by atoms with van der Waals surface area (Å²) in [4.78, 5) is 16.7. The fourth-order valence-corrected chi connectivity index (χ4v) is 6.37. The van der Waals surface area contributed by atoms with Crippen molar-refractivity contribution in [3.05, 3.63) is 53.8 Å². The highest BCUT2D eigenvalue weighted by atomic mass is 32.2. The van der Waals surface area contributed by atoms with Crippen LogP contribution in [0.5, 0.6) is 11.5 Å². The first-order valence-electron chi connectivity index (χ1n) is 11.6. The number of sulfonamides is 1. The van der Waals surface area contributed by atoms with Gasteiger partial charge in [-0.3, -0.25) is 9.69 Å². The van der Waals surface area contributed by atoms with Gasteiger partial charge in [0.25, 0.3) is 0 Å². The molecule has 3 aliphatic rings. The minimum atomic E-state index is -3.90. The Morgan fingerprint density at radius 1 is 0.971 bits per heavy atom. The van der Waals surface area contributed by atoms with Crippen LogP contribution in [0.25, 0.3) is 0 Å². The Balaban J connectivity index is 1.20. The van der Waals surface area contributed by atoms with Gasteiger partial charge in [-0.15, -0.1) is 0 Å². The zero-order chi connectivity index (χ0) is 23.7. The number of nitrogens with zero attached hydrogens (tertiary/aromatic N) is 3. The highest BCUT2D eigenvalue weighted by Gasteiger charge is 2.34. The largest absolute Gasteiger partial charge is 0.486 e. The number of piperazine rings is 1. The summed E-state index contributed by atoms with van der Waals surface area (Å²) in [5.41, 5.74) is 1.04. The van der Waals surface area contributed by atoms with Crippen LogP contribution in [0.3, 0.4) is 0 Å². The molecule has 0 bridgehead atoms. The Kier molecular flexibility index (Phi) is 6.46. The molecule has 0 N–H and O–H groups in total. The normalized spacial score (nSPS) is 21.6. The lowest BCUT2D eigenvalue weighted by atomic mass is 10.0. The maximum absolute atomic E-state index is 14.1. The monoisotopic (exact) mass is 489 g/mol. The molecular weight excluding hydrogens is 461 g/mol. The minimum absolute atomic E-state index is 0.00829. The van der Waals surface area contributed by atoms with Crippen molar-refractivity contribution in [1.82, 2.24) is 14.1 Å². The molecule has 3 aliphatic heterocycles. The smallest absolute Gasteiger partial charge is 0.246 e. The second-order valence-corrected chi connectivity index (χ2v) is 10.7. The van der Waals surface area contributed by atoms with Crippen molar-refractivity contribution in [2.75, 3.05) is 52.5 Å². The minimum Gasteiger partial charge on any atom is -0.486 e. The molecule has 1 amide bonds. The van der Waals surface area contributed by atoms with Gasteiger partial charge in [0.05, 0.1) is 12.6 Å². The third-order valence-electron chi connectivity index (χ3n) is 6.67. The number of benzene rings is 2. The summed E-state index contributed by atoms with van der Waals surface area (Å²) in [6, 6.07) is 11.3. The third-order valence-corrected chi connectivity index (χ3v) is 8.60. The number of ether oxygens (including phenoxy) is 2. The molecule has 0 aliphatic carbocycles. The van der Waals surface area contributed by atoms with E-state index < -0.39 is 15.8 Å². The van der Waals surface area contributed by atoms with Crippen molar-refractivity contribution in [1.29, 1.82) is 0 Å². The molecule has 34 heavy (non-hydrogen) atoms. The molecule has 0 aromatic heterocycles. The second kappa shape index (κ2) is 9.52. The molecule has 8 nitrogen and oxygen atoms in total. The fourth-order valence-electron chi connectivity index (χ4n) is 4.88. The molecule has 0 radical (unpaired) electrons. The van der Waals surface area contributed by atoms with Crippen LogP contribution in [0.2, 0.25) is 0 Å². The second-order valence-electron chi connectivity index (χ2n) is 8.76. The van der Waals surface area contributed by atoms with E-state index in [1.165, 1.54) is 22.5 Å². The van der Waals surface area contributed by atoms with E-state index in [1.807, 2.05) is 28.0 Å². The van der Waals surface area contributed by atoms with Crippen molar-refractivity contribution in [2.24, 2.45) is 0 Å². The van der Waals surface area contributed by atoms with E-state index in [0.717, 1.165) is 36.0 Å². The summed E-state index contributed by atoms with van der Waals surface area (Å²) >= 11 is 0. The predicted octanol–water partition coefficient (Wildman–Crippen LogP) is 2.27. The van der Waals surface area contributed by atoms with E-state index in [4.69, 9.17) is 9.47 Å². The van der Waals surface area contributed by atoms with Crippen LogP contribution < -0.4 is 9.47 Å². The van der Waals surface area contributed by atoms with Gasteiger partial charge in [0.15, 0.2) is 11.5 Å². The highest BCUT2D eigenvalue weighted by molar-refractivity contribution is 7.89. The van der Waals surface area contributed by atoms with E-state index in [2.05, 4.69) is 0 Å². The van der Waals surface area contributed by atoms with Gasteiger partial charge in [0.2, 0.25) is 15.9 Å². The lowest BCUT2D eigenvalue weighted by Crippen LogP contribution is -2.51. The van der Waals surface area contributed by atoms with E-state index in [1.54, 1.807) is 0 Å². The standard InChI is InChI=1S/C24H28FN3O5S/c25-19-4-1-2-6-23(19)34(30,31)27-12-10-26(11-13-27)17-24(29)28-9-3-5-20(28)18-7-8-21-22(16-18)33-15-14-32-21/h1-2,4,6-8,16,20H,3,5,9-15,17H2. The zero-order valence-corrected chi connectivity index (χ0v) is 19.7. The fraction of sp³-hybridized carbons (Fsp3) is 0.458. The van der Waals surface area contributed by atoms with Gasteiger partial charge >= 0.3 is 0 Å². The van der Waals surface area contributed by atoms with Crippen molar-refractivity contribution in [3.8, 4) is 11.5 Å². The summed E-state index contributed by atoms with van der Waals surface area (Å²) in [7, 11) is -3.90. The third kappa shape index (κ3) is 4.49. The maximum Gasteiger partial charge on any atom is 0.246 e. The molecule has 2 saturated heterocycles. The number of fused-ring (bicyclic) bond motifs is 1. The van der Waals surface area contributed by atoms with Crippen molar-refractivity contribution in [3.63, 3.8) is 0 Å². The van der Waals surface area contributed by atoms with Crippen molar-refractivity contribution < 1.29 is 27.1 Å². The Bertz CT molecular complexity index is 1170. The first-order valence-corrected chi connectivity index (χ1v) is 13.0. The summed E-state index contributed by atoms with van der Waals surface area (Å²) < 4.78 is 52.3. The van der Waals surface area contributed by atoms with Gasteiger partial charge < -0.3 is 14.4 Å². The Morgan fingerprint density at radius 2 is 1.71 bits per heavy atom. The summed E-state index contributed by atoms with van der Waals surface area (Å²) in [5.74, 6) is 0.728. The van der Waals surface area contributed by atoms with Crippen LogP contribution in [-0.2, 0) is 14.8 Å². The first-order chi connectivity index (χ1) is 16.4. The average Bonchev–Trinajstić information content (AvgIpc) is 3.34. The number of halogens is 1. The van der Waals surface area contributed by atoms with Crippen LogP contribution in [0, 0.1) is 5.82 Å². The molecule has 0 spiro atoms. The molecule has 182 valence electrons. The molecule has 1 atom stereocenters. The summed E-state index contributed by atoms with van der Waals surface area (Å²) in [5, 5.41) is 0. The number of amides is 1. The molecule has 0 saturated carbocycles. The summed E-state index contributed by atoms with van der Waals surface area (Å²) in [6.45, 7) is 3.25. The number of carbonyl (C=O) groups is 1. The number of hydrogen-bond acceptors (Lipinski definition) is 6. The van der Waals surface area contributed by atoms with Gasteiger partial charge in [0.1, 0.15) is 23.9 Å². The molecule has 3 heterocycles. The van der Waals surface area contributed by atoms with Gasteiger partial charge in [-0.05, 0) is 42.7 Å². The molecule has 2 fully saturated rings. The number of carbonyl (C=O) groups excluding carboxylic acids is 1. The molecule has 1 unspecified atom stereocenters. The van der Waals surface area contributed by atoms with Gasteiger partial charge in [-0.1, -0.05) is 18.2 Å². The maximum atomic E-state index is 14.1. The number of hydrogen-bond donors (Lipinski definition) is 0. The van der Waals surface area contributed by atoms with E-state index in [0.29, 0.717) is 32.8 Å². The van der Waals surface area contributed by atoms with Crippen LogP contribution in [0.15, 0.2) is 47.4 Å². The van der Waals surface area contributed by atoms with Crippen LogP contribution in [0.4, 0.5) is 4.39 Å². The average molecular weight is 490 g/mol. The molecule has 10 heteroatoms. The van der Waals surface area contributed by atoms with Gasteiger partial charge in [0, 0.05) is 32.7 Å². The quantitative estimate of drug-likeness (QED) is 0.641. The van der Waals surface area contributed by atoms with Crippen LogP contribution in [0.1, 0.15) is 24.4 Å². The predicted molar refractivity (Wildman–Crippen MR) is 123 cm³/mol. The highest BCUT2D eigenvalue weighted by Crippen LogP contribution is 2.38. The van der Waals surface area contributed by atoms with Crippen LogP contribution >= 0.6 is 0 Å².